The molecule has 0 aliphatic heterocycles. The van der Waals surface area contributed by atoms with Gasteiger partial charge in [-0.15, -0.1) is 0 Å². The largest absolute Gasteiger partial charge is 0.389 e. The number of rotatable bonds is 5. The summed E-state index contributed by atoms with van der Waals surface area (Å²) in [6.45, 7) is 4.56. The fraction of sp³-hybridized carbons (Fsp3) is 0.417. The molecule has 1 amide bonds. The number of anilines is 1. The molecule has 0 fully saturated rings. The van der Waals surface area contributed by atoms with Crippen molar-refractivity contribution in [3.63, 3.8) is 0 Å². The second-order valence-corrected chi connectivity index (χ2v) is 4.72. The Kier molecular flexibility index (Phi) is 4.96. The first kappa shape index (κ1) is 14.0. The molecule has 0 bridgehead atoms. The number of halogens is 1. The highest BCUT2D eigenvalue weighted by atomic mass is 79.9. The summed E-state index contributed by atoms with van der Waals surface area (Å²) in [7, 11) is 0. The first-order valence-electron chi connectivity index (χ1n) is 5.46. The zero-order valence-electron chi connectivity index (χ0n) is 9.98. The van der Waals surface area contributed by atoms with Crippen molar-refractivity contribution in [2.75, 3.05) is 18.0 Å². The monoisotopic (exact) mass is 300 g/mol. The normalized spacial score (nSPS) is 12.2. The lowest BCUT2D eigenvalue weighted by Gasteiger charge is -2.22. The lowest BCUT2D eigenvalue weighted by Crippen LogP contribution is -2.33. The Hall–Kier alpha value is -1.07. The number of amides is 1. The van der Waals surface area contributed by atoms with Crippen LogP contribution in [0.25, 0.3) is 0 Å². The summed E-state index contributed by atoms with van der Waals surface area (Å²) in [5.41, 5.74) is 6.92. The Morgan fingerprint density at radius 3 is 2.65 bits per heavy atom. The molecule has 4 nitrogen and oxygen atoms in total. The smallest absolute Gasteiger partial charge is 0.236 e. The maximum absolute atomic E-state index is 10.9. The van der Waals surface area contributed by atoms with Gasteiger partial charge in [0.05, 0.1) is 12.6 Å². The van der Waals surface area contributed by atoms with Gasteiger partial charge in [0.15, 0.2) is 0 Å². The van der Waals surface area contributed by atoms with E-state index in [9.17, 15) is 9.90 Å². The van der Waals surface area contributed by atoms with Crippen LogP contribution in [0.15, 0.2) is 22.7 Å². The molecule has 1 aromatic carbocycles. The summed E-state index contributed by atoms with van der Waals surface area (Å²) in [6, 6.07) is 5.60. The molecule has 3 N–H and O–H groups in total. The van der Waals surface area contributed by atoms with E-state index in [0.717, 1.165) is 15.7 Å². The van der Waals surface area contributed by atoms with Crippen molar-refractivity contribution in [1.82, 2.24) is 0 Å². The van der Waals surface area contributed by atoms with Gasteiger partial charge in [-0.2, -0.15) is 0 Å². The molecule has 94 valence electrons. The number of nitrogens with zero attached hydrogens (tertiary/aromatic N) is 1. The molecule has 0 aliphatic carbocycles. The minimum absolute atomic E-state index is 0.191. The van der Waals surface area contributed by atoms with Crippen molar-refractivity contribution in [2.45, 2.75) is 20.0 Å². The molecule has 17 heavy (non-hydrogen) atoms. The van der Waals surface area contributed by atoms with E-state index in [-0.39, 0.29) is 12.5 Å². The fourth-order valence-electron chi connectivity index (χ4n) is 1.63. The highest BCUT2D eigenvalue weighted by molar-refractivity contribution is 9.10. The van der Waals surface area contributed by atoms with Crippen LogP contribution in [0.3, 0.4) is 0 Å². The first-order valence-corrected chi connectivity index (χ1v) is 6.25. The molecule has 0 aromatic heterocycles. The van der Waals surface area contributed by atoms with Crippen molar-refractivity contribution >= 4 is 27.5 Å². The highest BCUT2D eigenvalue weighted by Crippen LogP contribution is 2.28. The second kappa shape index (κ2) is 6.02. The van der Waals surface area contributed by atoms with Gasteiger partial charge in [0.25, 0.3) is 0 Å². The molecular formula is C12H17BrN2O2. The molecule has 0 spiro atoms. The van der Waals surface area contributed by atoms with Crippen LogP contribution < -0.4 is 10.6 Å². The number of carbonyl (C=O) groups is 1. The zero-order valence-corrected chi connectivity index (χ0v) is 11.6. The molecule has 1 aromatic rings. The van der Waals surface area contributed by atoms with E-state index < -0.39 is 6.10 Å². The highest BCUT2D eigenvalue weighted by Gasteiger charge is 2.11. The van der Waals surface area contributed by atoms with E-state index in [0.29, 0.717) is 6.54 Å². The SMILES string of the molecule is CCN(CC(N)=O)c1ccc([C@@H](C)O)c(Br)c1. The Bertz CT molecular complexity index is 407. The number of aliphatic hydroxyl groups is 1. The number of benzene rings is 1. The summed E-state index contributed by atoms with van der Waals surface area (Å²) >= 11 is 3.41. The first-order chi connectivity index (χ1) is 7.95. The number of hydrogen-bond acceptors (Lipinski definition) is 3. The molecule has 0 heterocycles. The van der Waals surface area contributed by atoms with Gasteiger partial charge < -0.3 is 15.7 Å². The third kappa shape index (κ3) is 3.71. The number of likely N-dealkylation sites (N-methyl/N-ethyl adjacent to an activating group) is 1. The van der Waals surface area contributed by atoms with Gasteiger partial charge in [0.2, 0.25) is 5.91 Å². The van der Waals surface area contributed by atoms with Gasteiger partial charge in [-0.1, -0.05) is 22.0 Å². The van der Waals surface area contributed by atoms with Crippen molar-refractivity contribution in [3.8, 4) is 0 Å². The number of carbonyl (C=O) groups excluding carboxylic acids is 1. The third-order valence-corrected chi connectivity index (χ3v) is 3.21. The summed E-state index contributed by atoms with van der Waals surface area (Å²) in [5, 5.41) is 9.52. The third-order valence-electron chi connectivity index (χ3n) is 2.53. The van der Waals surface area contributed by atoms with Crippen LogP contribution in [0.4, 0.5) is 5.69 Å². The Balaban J connectivity index is 2.98. The molecule has 0 unspecified atom stereocenters. The molecule has 0 saturated carbocycles. The molecular weight excluding hydrogens is 284 g/mol. The predicted molar refractivity (Wildman–Crippen MR) is 71.9 cm³/mol. The number of nitrogens with two attached hydrogens (primary N) is 1. The zero-order chi connectivity index (χ0) is 13.0. The van der Waals surface area contributed by atoms with Crippen molar-refractivity contribution < 1.29 is 9.90 Å². The lowest BCUT2D eigenvalue weighted by atomic mass is 10.1. The van der Waals surface area contributed by atoms with E-state index in [4.69, 9.17) is 5.73 Å². The summed E-state index contributed by atoms with van der Waals surface area (Å²) < 4.78 is 0.827. The average molecular weight is 301 g/mol. The quantitative estimate of drug-likeness (QED) is 0.871. The molecule has 5 heteroatoms. The Labute approximate surface area is 110 Å². The Morgan fingerprint density at radius 1 is 1.59 bits per heavy atom. The summed E-state index contributed by atoms with van der Waals surface area (Å²) in [6.07, 6.45) is -0.523. The molecule has 1 rings (SSSR count). The maximum atomic E-state index is 10.9. The van der Waals surface area contributed by atoms with Crippen LogP contribution in [0.2, 0.25) is 0 Å². The predicted octanol–water partition coefficient (Wildman–Crippen LogP) is 1.81. The fourth-order valence-corrected chi connectivity index (χ4v) is 2.32. The maximum Gasteiger partial charge on any atom is 0.236 e. The molecule has 0 aliphatic rings. The number of hydrogen-bond donors (Lipinski definition) is 2. The van der Waals surface area contributed by atoms with Gasteiger partial charge in [-0.25, -0.2) is 0 Å². The van der Waals surface area contributed by atoms with Crippen molar-refractivity contribution in [3.05, 3.63) is 28.2 Å². The van der Waals surface area contributed by atoms with Gasteiger partial charge in [-0.05, 0) is 31.5 Å². The second-order valence-electron chi connectivity index (χ2n) is 3.86. The molecule has 1 atom stereocenters. The van der Waals surface area contributed by atoms with Crippen molar-refractivity contribution in [2.24, 2.45) is 5.73 Å². The number of primary amides is 1. The van der Waals surface area contributed by atoms with E-state index in [1.807, 2.05) is 30.0 Å². The minimum Gasteiger partial charge on any atom is -0.389 e. The van der Waals surface area contributed by atoms with Crippen LogP contribution >= 0.6 is 15.9 Å². The van der Waals surface area contributed by atoms with Gasteiger partial charge in [0, 0.05) is 16.7 Å². The van der Waals surface area contributed by atoms with Crippen LogP contribution in [0.1, 0.15) is 25.5 Å². The van der Waals surface area contributed by atoms with Gasteiger partial charge in [-0.3, -0.25) is 4.79 Å². The van der Waals surface area contributed by atoms with E-state index in [2.05, 4.69) is 15.9 Å². The minimum atomic E-state index is -0.523. The number of aliphatic hydroxyl groups excluding tert-OH is 1. The topological polar surface area (TPSA) is 66.6 Å². The Morgan fingerprint density at radius 2 is 2.24 bits per heavy atom. The molecule has 0 radical (unpaired) electrons. The van der Waals surface area contributed by atoms with E-state index in [1.54, 1.807) is 6.92 Å². The van der Waals surface area contributed by atoms with E-state index >= 15 is 0 Å². The summed E-state index contributed by atoms with van der Waals surface area (Å²) in [4.78, 5) is 12.8. The van der Waals surface area contributed by atoms with Crippen LogP contribution in [0, 0.1) is 0 Å². The average Bonchev–Trinajstić information content (AvgIpc) is 2.24. The van der Waals surface area contributed by atoms with Crippen LogP contribution in [-0.2, 0) is 4.79 Å². The summed E-state index contributed by atoms with van der Waals surface area (Å²) in [5.74, 6) is -0.359. The lowest BCUT2D eigenvalue weighted by molar-refractivity contribution is -0.116. The van der Waals surface area contributed by atoms with Gasteiger partial charge in [0.1, 0.15) is 0 Å². The van der Waals surface area contributed by atoms with Crippen LogP contribution in [-0.4, -0.2) is 24.1 Å². The van der Waals surface area contributed by atoms with Gasteiger partial charge >= 0.3 is 0 Å². The van der Waals surface area contributed by atoms with E-state index in [1.165, 1.54) is 0 Å². The van der Waals surface area contributed by atoms with Crippen molar-refractivity contribution in [1.29, 1.82) is 0 Å². The molecule has 0 saturated heterocycles. The standard InChI is InChI=1S/C12H17BrN2O2/c1-3-15(7-12(14)17)9-4-5-10(8(2)16)11(13)6-9/h4-6,8,16H,3,7H2,1-2H3,(H2,14,17)/t8-/m1/s1. The van der Waals surface area contributed by atoms with Crippen LogP contribution in [0.5, 0.6) is 0 Å².